The lowest BCUT2D eigenvalue weighted by Crippen LogP contribution is -2.30. The summed E-state index contributed by atoms with van der Waals surface area (Å²) in [5, 5.41) is 8.62. The maximum absolute atomic E-state index is 10.5. The van der Waals surface area contributed by atoms with Crippen molar-refractivity contribution in [3.8, 4) is 5.75 Å². The van der Waals surface area contributed by atoms with E-state index in [1.54, 1.807) is 0 Å². The van der Waals surface area contributed by atoms with E-state index in [9.17, 15) is 4.79 Å². The summed E-state index contributed by atoms with van der Waals surface area (Å²) < 4.78 is 5.46. The number of ether oxygens (including phenoxy) is 1. The minimum atomic E-state index is -0.931. The lowest BCUT2D eigenvalue weighted by Gasteiger charge is -2.23. The standard InChI is InChI=1S/C14H20Cl2N2O3.C2H6/c15-5-7-18(8-6-16)12-1-3-13(4-2-12)21-10-11(17)9-14(19)20;1-2/h1-4,11H,5-10,17H2,(H,19,20);1-2H3. The third kappa shape index (κ3) is 9.54. The molecule has 1 rings (SSSR count). The molecule has 1 atom stereocenters. The molecule has 1 unspecified atom stereocenters. The van der Waals surface area contributed by atoms with E-state index >= 15 is 0 Å². The zero-order valence-electron chi connectivity index (χ0n) is 13.7. The van der Waals surface area contributed by atoms with Gasteiger partial charge in [0, 0.05) is 36.6 Å². The van der Waals surface area contributed by atoms with Crippen molar-refractivity contribution < 1.29 is 14.6 Å². The van der Waals surface area contributed by atoms with Crippen molar-refractivity contribution in [2.75, 3.05) is 36.4 Å². The zero-order valence-corrected chi connectivity index (χ0v) is 15.2. The lowest BCUT2D eigenvalue weighted by atomic mass is 10.2. The first-order valence-corrected chi connectivity index (χ1v) is 8.70. The number of rotatable bonds is 10. The number of hydrogen-bond acceptors (Lipinski definition) is 4. The molecule has 0 heterocycles. The number of hydrogen-bond donors (Lipinski definition) is 2. The van der Waals surface area contributed by atoms with Crippen molar-refractivity contribution >= 4 is 34.9 Å². The number of benzene rings is 1. The quantitative estimate of drug-likeness (QED) is 0.623. The molecule has 0 amide bonds. The number of alkyl halides is 2. The van der Waals surface area contributed by atoms with Gasteiger partial charge < -0.3 is 20.5 Å². The molecule has 3 N–H and O–H groups in total. The molecule has 0 radical (unpaired) electrons. The molecule has 1 aromatic carbocycles. The van der Waals surface area contributed by atoms with Gasteiger partial charge in [0.25, 0.3) is 0 Å². The lowest BCUT2D eigenvalue weighted by molar-refractivity contribution is -0.137. The molecule has 0 saturated carbocycles. The van der Waals surface area contributed by atoms with Gasteiger partial charge in [-0.25, -0.2) is 0 Å². The van der Waals surface area contributed by atoms with Crippen LogP contribution in [-0.2, 0) is 4.79 Å². The van der Waals surface area contributed by atoms with Gasteiger partial charge in [0.05, 0.1) is 6.42 Å². The zero-order chi connectivity index (χ0) is 17.7. The van der Waals surface area contributed by atoms with Crippen molar-refractivity contribution in [3.05, 3.63) is 24.3 Å². The summed E-state index contributed by atoms with van der Waals surface area (Å²) in [6, 6.07) is 6.94. The summed E-state index contributed by atoms with van der Waals surface area (Å²) in [7, 11) is 0. The van der Waals surface area contributed by atoms with Gasteiger partial charge in [-0.05, 0) is 24.3 Å². The number of nitrogens with two attached hydrogens (primary N) is 1. The van der Waals surface area contributed by atoms with Crippen LogP contribution in [0.15, 0.2) is 24.3 Å². The van der Waals surface area contributed by atoms with E-state index in [-0.39, 0.29) is 13.0 Å². The van der Waals surface area contributed by atoms with Gasteiger partial charge in [0.1, 0.15) is 12.4 Å². The summed E-state index contributed by atoms with van der Waals surface area (Å²) in [5.74, 6) is 0.772. The van der Waals surface area contributed by atoms with Crippen LogP contribution in [0.2, 0.25) is 0 Å². The van der Waals surface area contributed by atoms with Gasteiger partial charge in [0.2, 0.25) is 0 Å². The maximum atomic E-state index is 10.5. The minimum Gasteiger partial charge on any atom is -0.492 e. The average Bonchev–Trinajstić information content (AvgIpc) is 2.54. The van der Waals surface area contributed by atoms with E-state index in [1.165, 1.54) is 0 Å². The minimum absolute atomic E-state index is 0.114. The Morgan fingerprint density at radius 3 is 2.17 bits per heavy atom. The van der Waals surface area contributed by atoms with Crippen LogP contribution < -0.4 is 15.4 Å². The van der Waals surface area contributed by atoms with Gasteiger partial charge in [-0.2, -0.15) is 0 Å². The predicted octanol–water partition coefficient (Wildman–Crippen LogP) is 3.18. The molecule has 1 aromatic rings. The number of anilines is 1. The number of carboxylic acids is 1. The molecule has 5 nitrogen and oxygen atoms in total. The van der Waals surface area contributed by atoms with Crippen LogP contribution >= 0.6 is 23.2 Å². The van der Waals surface area contributed by atoms with Crippen molar-refractivity contribution in [2.24, 2.45) is 5.73 Å². The number of halogens is 2. The second-order valence-corrected chi connectivity index (χ2v) is 5.28. The molecule has 0 spiro atoms. The summed E-state index contributed by atoms with van der Waals surface area (Å²) in [4.78, 5) is 12.6. The van der Waals surface area contributed by atoms with Crippen LogP contribution in [0.3, 0.4) is 0 Å². The third-order valence-electron chi connectivity index (χ3n) is 2.81. The van der Waals surface area contributed by atoms with Gasteiger partial charge in [-0.3, -0.25) is 4.79 Å². The third-order valence-corrected chi connectivity index (χ3v) is 3.15. The fourth-order valence-electron chi connectivity index (χ4n) is 1.81. The monoisotopic (exact) mass is 364 g/mol. The van der Waals surface area contributed by atoms with Crippen molar-refractivity contribution in [2.45, 2.75) is 26.3 Å². The highest BCUT2D eigenvalue weighted by Gasteiger charge is 2.09. The molecule has 132 valence electrons. The van der Waals surface area contributed by atoms with Gasteiger partial charge in [0.15, 0.2) is 0 Å². The Morgan fingerprint density at radius 2 is 1.74 bits per heavy atom. The number of aliphatic carboxylic acids is 1. The van der Waals surface area contributed by atoms with Crippen LogP contribution in [0.5, 0.6) is 5.75 Å². The molecule has 0 fully saturated rings. The Hall–Kier alpha value is -1.17. The Kier molecular flexibility index (Phi) is 12.6. The number of nitrogens with zero attached hydrogens (tertiary/aromatic N) is 1. The van der Waals surface area contributed by atoms with Crippen LogP contribution in [-0.4, -0.2) is 48.6 Å². The summed E-state index contributed by atoms with van der Waals surface area (Å²) >= 11 is 11.5. The Balaban J connectivity index is 0.00000232. The smallest absolute Gasteiger partial charge is 0.305 e. The molecule has 0 saturated heterocycles. The van der Waals surface area contributed by atoms with Gasteiger partial charge in [-0.1, -0.05) is 13.8 Å². The highest BCUT2D eigenvalue weighted by atomic mass is 35.5. The number of carbonyl (C=O) groups is 1. The highest BCUT2D eigenvalue weighted by molar-refractivity contribution is 6.18. The second-order valence-electron chi connectivity index (χ2n) is 4.53. The second kappa shape index (κ2) is 13.3. The van der Waals surface area contributed by atoms with Crippen LogP contribution in [0.1, 0.15) is 20.3 Å². The largest absolute Gasteiger partial charge is 0.492 e. The van der Waals surface area contributed by atoms with E-state index < -0.39 is 12.0 Å². The average molecular weight is 365 g/mol. The molecule has 7 heteroatoms. The van der Waals surface area contributed by atoms with Crippen LogP contribution in [0.25, 0.3) is 0 Å². The summed E-state index contributed by atoms with van der Waals surface area (Å²) in [6.07, 6.45) is -0.114. The molecule has 0 aliphatic heterocycles. The van der Waals surface area contributed by atoms with E-state index in [1.807, 2.05) is 38.1 Å². The van der Waals surface area contributed by atoms with Crippen molar-refractivity contribution in [1.29, 1.82) is 0 Å². The normalized spacial score (nSPS) is 11.2. The predicted molar refractivity (Wildman–Crippen MR) is 97.2 cm³/mol. The molecule has 23 heavy (non-hydrogen) atoms. The maximum Gasteiger partial charge on any atom is 0.305 e. The first-order valence-electron chi connectivity index (χ1n) is 7.64. The van der Waals surface area contributed by atoms with Crippen LogP contribution in [0, 0.1) is 0 Å². The molecule has 0 bridgehead atoms. The van der Waals surface area contributed by atoms with E-state index in [0.29, 0.717) is 17.5 Å². The van der Waals surface area contributed by atoms with Gasteiger partial charge in [-0.15, -0.1) is 23.2 Å². The Morgan fingerprint density at radius 1 is 1.22 bits per heavy atom. The molecule has 0 aliphatic carbocycles. The number of carboxylic acid groups (broad SMARTS) is 1. The summed E-state index contributed by atoms with van der Waals surface area (Å²) in [6.45, 7) is 5.61. The van der Waals surface area contributed by atoms with Crippen LogP contribution in [0.4, 0.5) is 5.69 Å². The van der Waals surface area contributed by atoms with Crippen molar-refractivity contribution in [3.63, 3.8) is 0 Å². The Bertz CT molecular complexity index is 424. The Labute approximate surface area is 148 Å². The summed E-state index contributed by atoms with van der Waals surface area (Å²) in [5.41, 5.74) is 6.65. The molecular weight excluding hydrogens is 339 g/mol. The SMILES string of the molecule is CC.NC(COc1ccc(N(CCCl)CCCl)cc1)CC(=O)O. The van der Waals surface area contributed by atoms with E-state index in [2.05, 4.69) is 4.90 Å². The van der Waals surface area contributed by atoms with E-state index in [0.717, 1.165) is 18.8 Å². The highest BCUT2D eigenvalue weighted by Crippen LogP contribution is 2.19. The first kappa shape index (κ1) is 21.8. The fraction of sp³-hybridized carbons (Fsp3) is 0.562. The topological polar surface area (TPSA) is 75.8 Å². The molecular formula is C16H26Cl2N2O3. The van der Waals surface area contributed by atoms with Gasteiger partial charge >= 0.3 is 5.97 Å². The molecule has 0 aliphatic rings. The fourth-order valence-corrected chi connectivity index (χ4v) is 2.22. The van der Waals surface area contributed by atoms with Crippen molar-refractivity contribution in [1.82, 2.24) is 0 Å². The molecule has 0 aromatic heterocycles. The van der Waals surface area contributed by atoms with E-state index in [4.69, 9.17) is 38.8 Å². The first-order chi connectivity index (χ1) is 11.1.